The molecule has 0 saturated carbocycles. The Hall–Kier alpha value is 0.160. The van der Waals surface area contributed by atoms with Crippen molar-refractivity contribution in [3.05, 3.63) is 0 Å². The number of amidine groups is 1. The Bertz CT molecular complexity index is 141. The number of nitrogens with one attached hydrogen (secondary N) is 1. The highest BCUT2D eigenvalue weighted by atomic mass is 127. The summed E-state index contributed by atoms with van der Waals surface area (Å²) in [6, 6.07) is 0. The van der Waals surface area contributed by atoms with Crippen molar-refractivity contribution in [3.63, 3.8) is 0 Å². The molecule has 64 valence electrons. The van der Waals surface area contributed by atoms with Gasteiger partial charge in [-0.2, -0.15) is 0 Å². The molecule has 1 rings (SSSR count). The maximum Gasteiger partial charge on any atom is 0.105 e. The van der Waals surface area contributed by atoms with Crippen LogP contribution in [0.2, 0.25) is 0 Å². The molecule has 0 bridgehead atoms. The fourth-order valence-electron chi connectivity index (χ4n) is 1.30. The van der Waals surface area contributed by atoms with Gasteiger partial charge in [0.15, 0.2) is 0 Å². The topological polar surface area (TPSA) is 53.1 Å². The molecule has 3 N–H and O–H groups in total. The van der Waals surface area contributed by atoms with Gasteiger partial charge in [-0.25, -0.2) is 0 Å². The number of piperidine rings is 1. The van der Waals surface area contributed by atoms with Crippen LogP contribution in [0.3, 0.4) is 0 Å². The monoisotopic (exact) mass is 267 g/mol. The van der Waals surface area contributed by atoms with Gasteiger partial charge < -0.3 is 5.73 Å². The van der Waals surface area contributed by atoms with E-state index in [0.29, 0.717) is 6.54 Å². The summed E-state index contributed by atoms with van der Waals surface area (Å²) in [6.45, 7) is 2.86. The molecule has 1 aliphatic rings. The highest BCUT2D eigenvalue weighted by Crippen LogP contribution is 2.17. The van der Waals surface area contributed by atoms with Gasteiger partial charge in [0.2, 0.25) is 0 Å². The predicted octanol–water partition coefficient (Wildman–Crippen LogP) is 0.822. The summed E-state index contributed by atoms with van der Waals surface area (Å²) in [5.74, 6) is 0.289. The van der Waals surface area contributed by atoms with E-state index in [4.69, 9.17) is 11.1 Å². The summed E-state index contributed by atoms with van der Waals surface area (Å²) in [4.78, 5) is 2.25. The molecule has 0 aromatic heterocycles. The van der Waals surface area contributed by atoms with E-state index in [1.165, 1.54) is 12.8 Å². The van der Waals surface area contributed by atoms with Crippen LogP contribution < -0.4 is 5.73 Å². The summed E-state index contributed by atoms with van der Waals surface area (Å²) < 4.78 is 0.829. The Morgan fingerprint density at radius 3 is 2.55 bits per heavy atom. The first-order valence-electron chi connectivity index (χ1n) is 3.88. The Morgan fingerprint density at radius 1 is 1.55 bits per heavy atom. The first kappa shape index (κ1) is 9.25. The van der Waals surface area contributed by atoms with Crippen LogP contribution in [-0.2, 0) is 0 Å². The lowest BCUT2D eigenvalue weighted by molar-refractivity contribution is 0.266. The largest absolute Gasteiger partial charge is 0.387 e. The minimum absolute atomic E-state index is 0.289. The number of rotatable bonds is 2. The van der Waals surface area contributed by atoms with Crippen molar-refractivity contribution in [1.82, 2.24) is 4.90 Å². The quantitative estimate of drug-likeness (QED) is 0.337. The van der Waals surface area contributed by atoms with Crippen LogP contribution in [0, 0.1) is 5.41 Å². The zero-order valence-corrected chi connectivity index (χ0v) is 8.67. The van der Waals surface area contributed by atoms with Gasteiger partial charge in [0, 0.05) is 3.92 Å². The third-order valence-electron chi connectivity index (χ3n) is 1.91. The molecule has 1 heterocycles. The van der Waals surface area contributed by atoms with Crippen molar-refractivity contribution in [2.45, 2.75) is 16.8 Å². The van der Waals surface area contributed by atoms with E-state index in [0.717, 1.165) is 17.0 Å². The van der Waals surface area contributed by atoms with Gasteiger partial charge in [-0.3, -0.25) is 10.3 Å². The highest BCUT2D eigenvalue weighted by molar-refractivity contribution is 14.1. The van der Waals surface area contributed by atoms with Gasteiger partial charge in [0.05, 0.1) is 6.54 Å². The molecule has 3 nitrogen and oxygen atoms in total. The first-order chi connectivity index (χ1) is 5.18. The number of nitrogens with two attached hydrogens (primary N) is 1. The van der Waals surface area contributed by atoms with E-state index in [2.05, 4.69) is 27.5 Å². The molecule has 11 heavy (non-hydrogen) atoms. The molecule has 0 aromatic rings. The third kappa shape index (κ3) is 3.37. The fraction of sp³-hybridized carbons (Fsp3) is 0.857. The van der Waals surface area contributed by atoms with Gasteiger partial charge in [0.25, 0.3) is 0 Å². The van der Waals surface area contributed by atoms with E-state index >= 15 is 0 Å². The van der Waals surface area contributed by atoms with E-state index in [-0.39, 0.29) is 5.84 Å². The molecule has 0 radical (unpaired) electrons. The standard InChI is InChI=1S/C7H14IN3/c8-6-1-3-11(4-2-6)5-7(9)10/h6H,1-5H2,(H3,9,10). The number of hydrogen-bond acceptors (Lipinski definition) is 2. The molecule has 0 aromatic carbocycles. The van der Waals surface area contributed by atoms with Crippen LogP contribution in [-0.4, -0.2) is 34.3 Å². The van der Waals surface area contributed by atoms with Gasteiger partial charge in [-0.15, -0.1) is 0 Å². The zero-order valence-electron chi connectivity index (χ0n) is 6.52. The SMILES string of the molecule is N=C(N)CN1CCC(I)CC1. The molecule has 0 unspecified atom stereocenters. The van der Waals surface area contributed by atoms with E-state index < -0.39 is 0 Å². The average molecular weight is 267 g/mol. The summed E-state index contributed by atoms with van der Waals surface area (Å²) in [5, 5.41) is 7.12. The molecule has 0 amide bonds. The van der Waals surface area contributed by atoms with Crippen molar-refractivity contribution in [1.29, 1.82) is 5.41 Å². The lowest BCUT2D eigenvalue weighted by Gasteiger charge is -2.28. The second kappa shape index (κ2) is 4.25. The minimum atomic E-state index is 0.289. The molecule has 0 aliphatic carbocycles. The molecule has 0 atom stereocenters. The van der Waals surface area contributed by atoms with Crippen LogP contribution in [0.15, 0.2) is 0 Å². The Kier molecular flexibility index (Phi) is 3.58. The van der Waals surface area contributed by atoms with Crippen molar-refractivity contribution in [2.24, 2.45) is 5.73 Å². The Balaban J connectivity index is 2.22. The summed E-state index contributed by atoms with van der Waals surface area (Å²) in [7, 11) is 0. The molecule has 1 aliphatic heterocycles. The maximum absolute atomic E-state index is 7.12. The molecule has 4 heteroatoms. The second-order valence-corrected chi connectivity index (χ2v) is 4.74. The van der Waals surface area contributed by atoms with E-state index in [1.54, 1.807) is 0 Å². The predicted molar refractivity (Wildman–Crippen MR) is 55.4 cm³/mol. The van der Waals surface area contributed by atoms with Crippen molar-refractivity contribution >= 4 is 28.4 Å². The molecular formula is C7H14IN3. The Labute approximate surface area is 81.0 Å². The number of alkyl halides is 1. The molecule has 1 fully saturated rings. The van der Waals surface area contributed by atoms with Crippen LogP contribution in [0.1, 0.15) is 12.8 Å². The van der Waals surface area contributed by atoms with Crippen LogP contribution in [0.4, 0.5) is 0 Å². The lowest BCUT2D eigenvalue weighted by atomic mass is 10.1. The van der Waals surface area contributed by atoms with Gasteiger partial charge >= 0.3 is 0 Å². The van der Waals surface area contributed by atoms with Crippen molar-refractivity contribution in [3.8, 4) is 0 Å². The lowest BCUT2D eigenvalue weighted by Crippen LogP contribution is -2.39. The van der Waals surface area contributed by atoms with Crippen molar-refractivity contribution in [2.75, 3.05) is 19.6 Å². The third-order valence-corrected chi connectivity index (χ3v) is 3.16. The zero-order chi connectivity index (χ0) is 8.27. The molecular weight excluding hydrogens is 253 g/mol. The number of hydrogen-bond donors (Lipinski definition) is 2. The maximum atomic E-state index is 7.12. The molecule has 1 saturated heterocycles. The summed E-state index contributed by atoms with van der Waals surface area (Å²) in [6.07, 6.45) is 2.49. The fourth-order valence-corrected chi connectivity index (χ4v) is 1.86. The number of halogens is 1. The van der Waals surface area contributed by atoms with E-state index in [1.807, 2.05) is 0 Å². The molecule has 0 spiro atoms. The highest BCUT2D eigenvalue weighted by Gasteiger charge is 2.16. The minimum Gasteiger partial charge on any atom is -0.387 e. The van der Waals surface area contributed by atoms with Crippen LogP contribution >= 0.6 is 22.6 Å². The smallest absolute Gasteiger partial charge is 0.105 e. The summed E-state index contributed by atoms with van der Waals surface area (Å²) in [5.41, 5.74) is 5.30. The normalized spacial score (nSPS) is 21.9. The first-order valence-corrected chi connectivity index (χ1v) is 5.12. The number of nitrogens with zero attached hydrogens (tertiary/aromatic N) is 1. The van der Waals surface area contributed by atoms with Gasteiger partial charge in [0.1, 0.15) is 5.84 Å². The van der Waals surface area contributed by atoms with Gasteiger partial charge in [-0.1, -0.05) is 22.6 Å². The number of likely N-dealkylation sites (tertiary alicyclic amines) is 1. The average Bonchev–Trinajstić information content (AvgIpc) is 1.93. The second-order valence-electron chi connectivity index (χ2n) is 2.98. The summed E-state index contributed by atoms with van der Waals surface area (Å²) >= 11 is 2.49. The van der Waals surface area contributed by atoms with E-state index in [9.17, 15) is 0 Å². The van der Waals surface area contributed by atoms with Crippen molar-refractivity contribution < 1.29 is 0 Å². The van der Waals surface area contributed by atoms with Crippen LogP contribution in [0.25, 0.3) is 0 Å². The van der Waals surface area contributed by atoms with Gasteiger partial charge in [-0.05, 0) is 25.9 Å². The Morgan fingerprint density at radius 2 is 2.09 bits per heavy atom. The van der Waals surface area contributed by atoms with Crippen LogP contribution in [0.5, 0.6) is 0 Å².